The highest BCUT2D eigenvalue weighted by atomic mass is 16.5. The Morgan fingerprint density at radius 2 is 2.31 bits per heavy atom. The first kappa shape index (κ1) is 11.4. The molecular formula is C13H20N2O. The van der Waals surface area contributed by atoms with Crippen LogP contribution in [0.2, 0.25) is 0 Å². The molecule has 0 radical (unpaired) electrons. The van der Waals surface area contributed by atoms with E-state index < -0.39 is 0 Å². The third kappa shape index (κ3) is 2.54. The van der Waals surface area contributed by atoms with Crippen molar-refractivity contribution < 1.29 is 4.74 Å². The minimum atomic E-state index is 0.404. The maximum Gasteiger partial charge on any atom is 0.119 e. The topological polar surface area (TPSA) is 47.3 Å². The van der Waals surface area contributed by atoms with Gasteiger partial charge in [0.15, 0.2) is 0 Å². The second-order valence-electron chi connectivity index (χ2n) is 4.52. The highest BCUT2D eigenvalue weighted by molar-refractivity contribution is 5.29. The Morgan fingerprint density at radius 3 is 2.88 bits per heavy atom. The maximum atomic E-state index is 5.62. The van der Waals surface area contributed by atoms with Gasteiger partial charge in [-0.2, -0.15) is 0 Å². The van der Waals surface area contributed by atoms with Gasteiger partial charge in [0.2, 0.25) is 0 Å². The second-order valence-corrected chi connectivity index (χ2v) is 4.52. The predicted octanol–water partition coefficient (Wildman–Crippen LogP) is 1.87. The average Bonchev–Trinajstić information content (AvgIpc) is 2.26. The summed E-state index contributed by atoms with van der Waals surface area (Å²) in [5.41, 5.74) is 4.24. The fraction of sp³-hybridized carbons (Fsp3) is 0.538. The Bertz CT molecular complexity index is 336. The van der Waals surface area contributed by atoms with Crippen molar-refractivity contribution >= 4 is 0 Å². The molecule has 1 aliphatic rings. The van der Waals surface area contributed by atoms with Crippen LogP contribution in [0.4, 0.5) is 0 Å². The lowest BCUT2D eigenvalue weighted by Gasteiger charge is -2.33. The van der Waals surface area contributed by atoms with Gasteiger partial charge in [0.25, 0.3) is 0 Å². The summed E-state index contributed by atoms with van der Waals surface area (Å²) in [4.78, 5) is 0. The van der Waals surface area contributed by atoms with E-state index in [1.54, 1.807) is 7.11 Å². The number of methoxy groups -OCH3 is 1. The van der Waals surface area contributed by atoms with E-state index in [0.29, 0.717) is 6.04 Å². The van der Waals surface area contributed by atoms with Gasteiger partial charge in [0, 0.05) is 6.04 Å². The minimum absolute atomic E-state index is 0.404. The van der Waals surface area contributed by atoms with Gasteiger partial charge in [-0.05, 0) is 42.9 Å². The van der Waals surface area contributed by atoms with Crippen molar-refractivity contribution in [2.45, 2.75) is 31.7 Å². The Labute approximate surface area is 97.0 Å². The molecule has 1 unspecified atom stereocenters. The molecule has 1 aliphatic carbocycles. The Hall–Kier alpha value is -1.06. The van der Waals surface area contributed by atoms with Gasteiger partial charge >= 0.3 is 0 Å². The zero-order valence-electron chi connectivity index (χ0n) is 9.78. The van der Waals surface area contributed by atoms with Crippen LogP contribution in [-0.2, 0) is 6.42 Å². The molecule has 88 valence electrons. The zero-order chi connectivity index (χ0) is 11.4. The van der Waals surface area contributed by atoms with Crippen LogP contribution in [-0.4, -0.2) is 13.2 Å². The molecule has 2 rings (SSSR count). The van der Waals surface area contributed by atoms with Crippen LogP contribution in [0, 0.1) is 5.92 Å². The van der Waals surface area contributed by atoms with E-state index in [2.05, 4.69) is 17.6 Å². The van der Waals surface area contributed by atoms with Gasteiger partial charge in [0.05, 0.1) is 7.11 Å². The Balaban J connectivity index is 2.00. The summed E-state index contributed by atoms with van der Waals surface area (Å²) >= 11 is 0. The van der Waals surface area contributed by atoms with Crippen molar-refractivity contribution in [2.24, 2.45) is 11.8 Å². The van der Waals surface area contributed by atoms with E-state index in [9.17, 15) is 0 Å². The summed E-state index contributed by atoms with van der Waals surface area (Å²) in [7, 11) is 1.70. The predicted molar refractivity (Wildman–Crippen MR) is 65.2 cm³/mol. The van der Waals surface area contributed by atoms with Gasteiger partial charge in [-0.25, -0.2) is 0 Å². The van der Waals surface area contributed by atoms with E-state index in [-0.39, 0.29) is 0 Å². The van der Waals surface area contributed by atoms with Gasteiger partial charge in [0.1, 0.15) is 5.75 Å². The van der Waals surface area contributed by atoms with E-state index in [4.69, 9.17) is 10.6 Å². The molecule has 0 aliphatic heterocycles. The lowest BCUT2D eigenvalue weighted by Crippen LogP contribution is -2.44. The summed E-state index contributed by atoms with van der Waals surface area (Å²) in [6.07, 6.45) is 4.94. The van der Waals surface area contributed by atoms with Crippen LogP contribution >= 0.6 is 0 Å². The first-order chi connectivity index (χ1) is 7.83. The van der Waals surface area contributed by atoms with E-state index in [0.717, 1.165) is 18.1 Å². The lowest BCUT2D eigenvalue weighted by atomic mass is 9.78. The minimum Gasteiger partial charge on any atom is -0.497 e. The monoisotopic (exact) mass is 220 g/mol. The van der Waals surface area contributed by atoms with Gasteiger partial charge < -0.3 is 4.74 Å². The number of hydrogen-bond donors (Lipinski definition) is 2. The van der Waals surface area contributed by atoms with Crippen molar-refractivity contribution in [3.8, 4) is 5.75 Å². The van der Waals surface area contributed by atoms with Crippen molar-refractivity contribution in [1.29, 1.82) is 0 Å². The van der Waals surface area contributed by atoms with E-state index in [1.165, 1.54) is 24.8 Å². The summed E-state index contributed by atoms with van der Waals surface area (Å²) in [5.74, 6) is 7.29. The molecule has 0 saturated heterocycles. The molecule has 1 atom stereocenters. The third-order valence-corrected chi connectivity index (χ3v) is 3.52. The summed E-state index contributed by atoms with van der Waals surface area (Å²) < 4.78 is 5.22. The van der Waals surface area contributed by atoms with Gasteiger partial charge in [-0.3, -0.25) is 11.3 Å². The summed E-state index contributed by atoms with van der Waals surface area (Å²) in [6, 6.07) is 8.62. The van der Waals surface area contributed by atoms with Crippen molar-refractivity contribution in [3.05, 3.63) is 29.8 Å². The summed E-state index contributed by atoms with van der Waals surface area (Å²) in [5, 5.41) is 0. The Kier molecular flexibility index (Phi) is 3.80. The molecule has 3 heteroatoms. The molecule has 0 aromatic heterocycles. The number of rotatable bonds is 5. The fourth-order valence-corrected chi connectivity index (χ4v) is 2.26. The molecule has 1 fully saturated rings. The third-order valence-electron chi connectivity index (χ3n) is 3.52. The number of benzene rings is 1. The van der Waals surface area contributed by atoms with Gasteiger partial charge in [-0.1, -0.05) is 18.6 Å². The second kappa shape index (κ2) is 5.32. The quantitative estimate of drug-likeness (QED) is 0.588. The molecular weight excluding hydrogens is 200 g/mol. The molecule has 1 saturated carbocycles. The standard InChI is InChI=1S/C13H20N2O/c1-16-12-7-2-4-10(8-12)9-13(15-14)11-5-3-6-11/h2,4,7-8,11,13,15H,3,5-6,9,14H2,1H3. The van der Waals surface area contributed by atoms with Crippen LogP contribution < -0.4 is 16.0 Å². The molecule has 1 aromatic rings. The molecule has 0 heterocycles. The number of nitrogens with one attached hydrogen (secondary N) is 1. The van der Waals surface area contributed by atoms with E-state index in [1.807, 2.05) is 12.1 Å². The fourth-order valence-electron chi connectivity index (χ4n) is 2.26. The highest BCUT2D eigenvalue weighted by Gasteiger charge is 2.26. The number of nitrogens with two attached hydrogens (primary N) is 1. The van der Waals surface area contributed by atoms with Crippen LogP contribution in [0.25, 0.3) is 0 Å². The van der Waals surface area contributed by atoms with Crippen molar-refractivity contribution in [3.63, 3.8) is 0 Å². The first-order valence-electron chi connectivity index (χ1n) is 5.92. The van der Waals surface area contributed by atoms with E-state index >= 15 is 0 Å². The first-order valence-corrected chi connectivity index (χ1v) is 5.92. The van der Waals surface area contributed by atoms with Crippen LogP contribution in [0.15, 0.2) is 24.3 Å². The number of hydrazine groups is 1. The van der Waals surface area contributed by atoms with Crippen molar-refractivity contribution in [2.75, 3.05) is 7.11 Å². The molecule has 1 aromatic carbocycles. The number of ether oxygens (including phenoxy) is 1. The highest BCUT2D eigenvalue weighted by Crippen LogP contribution is 2.31. The number of hydrogen-bond acceptors (Lipinski definition) is 3. The van der Waals surface area contributed by atoms with Crippen LogP contribution in [0.5, 0.6) is 5.75 Å². The smallest absolute Gasteiger partial charge is 0.119 e. The SMILES string of the molecule is COc1cccc(CC(NN)C2CCC2)c1. The molecule has 3 N–H and O–H groups in total. The molecule has 0 spiro atoms. The maximum absolute atomic E-state index is 5.62. The van der Waals surface area contributed by atoms with Gasteiger partial charge in [-0.15, -0.1) is 0 Å². The normalized spacial score (nSPS) is 17.9. The molecule has 16 heavy (non-hydrogen) atoms. The largest absolute Gasteiger partial charge is 0.497 e. The Morgan fingerprint density at radius 1 is 1.50 bits per heavy atom. The summed E-state index contributed by atoms with van der Waals surface area (Å²) in [6.45, 7) is 0. The molecule has 3 nitrogen and oxygen atoms in total. The molecule has 0 bridgehead atoms. The van der Waals surface area contributed by atoms with Crippen LogP contribution in [0.3, 0.4) is 0 Å². The molecule has 0 amide bonds. The average molecular weight is 220 g/mol. The van der Waals surface area contributed by atoms with Crippen LogP contribution in [0.1, 0.15) is 24.8 Å². The zero-order valence-corrected chi connectivity index (χ0v) is 9.78. The van der Waals surface area contributed by atoms with Crippen molar-refractivity contribution in [1.82, 2.24) is 5.43 Å². The lowest BCUT2D eigenvalue weighted by molar-refractivity contribution is 0.228.